The molecule has 4 heterocycles. The van der Waals surface area contributed by atoms with Gasteiger partial charge in [-0.1, -0.05) is 0 Å². The van der Waals surface area contributed by atoms with Gasteiger partial charge in [-0.05, 0) is 36.4 Å². The first-order valence-electron chi connectivity index (χ1n) is 11.3. The van der Waals surface area contributed by atoms with Crippen molar-refractivity contribution in [2.24, 2.45) is 0 Å². The number of nitrogens with zero attached hydrogens (tertiary/aromatic N) is 4. The molecule has 0 spiro atoms. The standard InChI is InChI=1S/C24H16F9N5O2/c25-16-7-14(6-15(20(16)26)23(28,29)30)22(24(31,32)33)8-17(36-40-22)13-2-3-18(34-9-13)21(27)11-37(12-21)19(39)10-38-5-1-4-35-38/h1-9,36H,10-12H2. The molecule has 0 radical (unpaired) electrons. The molecule has 16 heteroatoms. The lowest BCUT2D eigenvalue weighted by molar-refractivity contribution is -0.269. The summed E-state index contributed by atoms with van der Waals surface area (Å²) in [6.45, 7) is -0.741. The van der Waals surface area contributed by atoms with Crippen LogP contribution in [0.25, 0.3) is 5.70 Å². The molecule has 1 unspecified atom stereocenters. The van der Waals surface area contributed by atoms with Gasteiger partial charge < -0.3 is 4.90 Å². The van der Waals surface area contributed by atoms with Crippen LogP contribution in [0.2, 0.25) is 0 Å². The summed E-state index contributed by atoms with van der Waals surface area (Å²) in [7, 11) is 0. The summed E-state index contributed by atoms with van der Waals surface area (Å²) in [5, 5.41) is 3.89. The Hall–Kier alpha value is -4.08. The highest BCUT2D eigenvalue weighted by atomic mass is 19.4. The lowest BCUT2D eigenvalue weighted by atomic mass is 9.89. The molecule has 1 atom stereocenters. The van der Waals surface area contributed by atoms with Gasteiger partial charge in [-0.15, -0.1) is 0 Å². The van der Waals surface area contributed by atoms with Crippen LogP contribution in [0.3, 0.4) is 0 Å². The van der Waals surface area contributed by atoms with Crippen molar-refractivity contribution in [1.29, 1.82) is 0 Å². The van der Waals surface area contributed by atoms with Crippen LogP contribution in [-0.2, 0) is 33.6 Å². The molecule has 212 valence electrons. The molecule has 7 nitrogen and oxygen atoms in total. The minimum atomic E-state index is -5.49. The van der Waals surface area contributed by atoms with Gasteiger partial charge in [-0.25, -0.2) is 13.2 Å². The Morgan fingerprint density at radius 1 is 1.10 bits per heavy atom. The molecule has 1 aromatic carbocycles. The predicted molar refractivity (Wildman–Crippen MR) is 117 cm³/mol. The minimum Gasteiger partial charge on any atom is -0.334 e. The van der Waals surface area contributed by atoms with Gasteiger partial charge in [0.1, 0.15) is 6.54 Å². The zero-order valence-corrected chi connectivity index (χ0v) is 19.8. The van der Waals surface area contributed by atoms with Gasteiger partial charge in [-0.3, -0.25) is 24.8 Å². The number of amides is 1. The lowest BCUT2D eigenvalue weighted by Crippen LogP contribution is -2.59. The number of hydrogen-bond donors (Lipinski definition) is 1. The first-order valence-corrected chi connectivity index (χ1v) is 11.3. The molecule has 2 aliphatic rings. The molecule has 40 heavy (non-hydrogen) atoms. The van der Waals surface area contributed by atoms with Gasteiger partial charge in [-0.2, -0.15) is 31.4 Å². The summed E-state index contributed by atoms with van der Waals surface area (Å²) in [5.74, 6) is -4.91. The highest BCUT2D eigenvalue weighted by Gasteiger charge is 2.60. The fourth-order valence-corrected chi connectivity index (χ4v) is 4.34. The number of nitrogens with one attached hydrogen (secondary N) is 1. The summed E-state index contributed by atoms with van der Waals surface area (Å²) < 4.78 is 126. The molecule has 3 aromatic rings. The van der Waals surface area contributed by atoms with E-state index in [-0.39, 0.29) is 48.9 Å². The van der Waals surface area contributed by atoms with Crippen LogP contribution in [-0.4, -0.2) is 44.8 Å². The maximum absolute atomic E-state index is 15.3. The Kier molecular flexibility index (Phi) is 6.35. The lowest BCUT2D eigenvalue weighted by Gasteiger charge is -2.43. The van der Waals surface area contributed by atoms with Crippen LogP contribution < -0.4 is 5.48 Å². The molecule has 1 amide bonds. The van der Waals surface area contributed by atoms with E-state index in [9.17, 15) is 39.9 Å². The van der Waals surface area contributed by atoms with Crippen molar-refractivity contribution in [3.05, 3.63) is 89.0 Å². The summed E-state index contributed by atoms with van der Waals surface area (Å²) >= 11 is 0. The van der Waals surface area contributed by atoms with Crippen molar-refractivity contribution < 1.29 is 49.1 Å². The molecule has 0 bridgehead atoms. The minimum absolute atomic E-state index is 0.0383. The Morgan fingerprint density at radius 3 is 2.40 bits per heavy atom. The molecule has 1 N–H and O–H groups in total. The van der Waals surface area contributed by atoms with E-state index in [1.807, 2.05) is 5.48 Å². The van der Waals surface area contributed by atoms with Crippen molar-refractivity contribution in [1.82, 2.24) is 25.1 Å². The third-order valence-corrected chi connectivity index (χ3v) is 6.48. The Labute approximate surface area is 218 Å². The van der Waals surface area contributed by atoms with Gasteiger partial charge in [0, 0.05) is 29.7 Å². The smallest absolute Gasteiger partial charge is 0.334 e. The van der Waals surface area contributed by atoms with Crippen LogP contribution in [0.1, 0.15) is 22.4 Å². The average molecular weight is 577 g/mol. The predicted octanol–water partition coefficient (Wildman–Crippen LogP) is 4.62. The Bertz CT molecular complexity index is 1460. The van der Waals surface area contributed by atoms with Crippen LogP contribution in [0.4, 0.5) is 39.5 Å². The Morgan fingerprint density at radius 2 is 1.82 bits per heavy atom. The third kappa shape index (κ3) is 4.65. The van der Waals surface area contributed by atoms with Crippen LogP contribution in [0.15, 0.2) is 55.0 Å². The zero-order chi connectivity index (χ0) is 29.1. The summed E-state index contributed by atoms with van der Waals surface area (Å²) in [5.41, 5.74) is -7.94. The number of benzene rings is 1. The van der Waals surface area contributed by atoms with Gasteiger partial charge >= 0.3 is 12.4 Å². The molecular formula is C24H16F9N5O2. The molecule has 0 saturated carbocycles. The molecule has 1 fully saturated rings. The molecule has 5 rings (SSSR count). The molecule has 1 saturated heterocycles. The normalized spacial score (nSPS) is 20.6. The second kappa shape index (κ2) is 9.25. The second-order valence-corrected chi connectivity index (χ2v) is 9.16. The average Bonchev–Trinajstić information content (AvgIpc) is 3.54. The number of carbonyl (C=O) groups is 1. The zero-order valence-electron chi connectivity index (χ0n) is 19.8. The van der Waals surface area contributed by atoms with Gasteiger partial charge in [0.15, 0.2) is 17.3 Å². The van der Waals surface area contributed by atoms with Gasteiger partial charge in [0.25, 0.3) is 0 Å². The maximum atomic E-state index is 15.3. The molecular weight excluding hydrogens is 561 g/mol. The number of hydroxylamine groups is 1. The quantitative estimate of drug-likeness (QED) is 0.449. The van der Waals surface area contributed by atoms with Crippen molar-refractivity contribution in [2.45, 2.75) is 30.2 Å². The highest BCUT2D eigenvalue weighted by molar-refractivity contribution is 5.77. The van der Waals surface area contributed by atoms with Crippen LogP contribution in [0.5, 0.6) is 0 Å². The number of likely N-dealkylation sites (tertiary alicyclic amines) is 1. The van der Waals surface area contributed by atoms with E-state index in [4.69, 9.17) is 0 Å². The van der Waals surface area contributed by atoms with Crippen molar-refractivity contribution in [2.75, 3.05) is 13.1 Å². The Balaban J connectivity index is 1.39. The number of hydrogen-bond acceptors (Lipinski definition) is 5. The van der Waals surface area contributed by atoms with E-state index in [2.05, 4.69) is 14.9 Å². The van der Waals surface area contributed by atoms with E-state index < -0.39 is 52.1 Å². The number of halogens is 9. The molecule has 2 aromatic heterocycles. The van der Waals surface area contributed by atoms with Crippen LogP contribution in [0, 0.1) is 11.6 Å². The van der Waals surface area contributed by atoms with Crippen molar-refractivity contribution >= 4 is 11.6 Å². The monoisotopic (exact) mass is 577 g/mol. The first-order chi connectivity index (χ1) is 18.6. The van der Waals surface area contributed by atoms with E-state index in [0.29, 0.717) is 6.08 Å². The van der Waals surface area contributed by atoms with Crippen molar-refractivity contribution in [3.63, 3.8) is 0 Å². The number of rotatable bonds is 5. The van der Waals surface area contributed by atoms with Gasteiger partial charge in [0.2, 0.25) is 11.5 Å². The second-order valence-electron chi connectivity index (χ2n) is 9.16. The highest BCUT2D eigenvalue weighted by Crippen LogP contribution is 2.49. The topological polar surface area (TPSA) is 72.3 Å². The summed E-state index contributed by atoms with van der Waals surface area (Å²) in [4.78, 5) is 22.1. The van der Waals surface area contributed by atoms with Crippen LogP contribution >= 0.6 is 0 Å². The summed E-state index contributed by atoms with van der Waals surface area (Å²) in [6.07, 6.45) is -6.54. The van der Waals surface area contributed by atoms with E-state index in [1.54, 1.807) is 12.3 Å². The van der Waals surface area contributed by atoms with E-state index >= 15 is 4.39 Å². The molecule has 2 aliphatic heterocycles. The van der Waals surface area contributed by atoms with E-state index in [0.717, 1.165) is 6.20 Å². The first kappa shape index (κ1) is 27.5. The maximum Gasteiger partial charge on any atom is 0.428 e. The number of carbonyl (C=O) groups excluding carboxylic acids is 1. The molecule has 0 aliphatic carbocycles. The fraction of sp³-hybridized carbons (Fsp3) is 0.292. The third-order valence-electron chi connectivity index (χ3n) is 6.48. The largest absolute Gasteiger partial charge is 0.428 e. The van der Waals surface area contributed by atoms with E-state index in [1.165, 1.54) is 27.9 Å². The summed E-state index contributed by atoms with van der Waals surface area (Å²) in [6, 6.07) is 3.74. The van der Waals surface area contributed by atoms with Gasteiger partial charge in [0.05, 0.1) is 30.0 Å². The van der Waals surface area contributed by atoms with Crippen molar-refractivity contribution in [3.8, 4) is 0 Å². The fourth-order valence-electron chi connectivity index (χ4n) is 4.34. The SMILES string of the molecule is O=C(Cn1cccn1)N1CC(F)(c2ccc(C3=CC(c4cc(F)c(F)c(C(F)(F)F)c4)(C(F)(F)F)ON3)cn2)C1. The number of pyridine rings is 1. The number of alkyl halides is 7. The number of aromatic nitrogens is 3.